The molecule has 1 aromatic rings. The first-order valence-corrected chi connectivity index (χ1v) is 6.74. The third-order valence-corrected chi connectivity index (χ3v) is 3.71. The molecule has 1 heterocycles. The van der Waals surface area contributed by atoms with Crippen LogP contribution in [0.4, 0.5) is 0 Å². The van der Waals surface area contributed by atoms with E-state index in [9.17, 15) is 9.59 Å². The van der Waals surface area contributed by atoms with Crippen molar-refractivity contribution in [3.63, 3.8) is 0 Å². The predicted octanol–water partition coefficient (Wildman–Crippen LogP) is 1.55. The van der Waals surface area contributed by atoms with E-state index in [1.807, 2.05) is 0 Å². The maximum atomic E-state index is 11.8. The summed E-state index contributed by atoms with van der Waals surface area (Å²) in [7, 11) is 0. The SMILES string of the molecule is CC1=C(C(N)=O)C(c2cccc(Cl)c2)C(C(N)=O)=C(C)N1. The van der Waals surface area contributed by atoms with Gasteiger partial charge in [-0.1, -0.05) is 23.7 Å². The van der Waals surface area contributed by atoms with Crippen molar-refractivity contribution in [2.45, 2.75) is 19.8 Å². The van der Waals surface area contributed by atoms with Crippen molar-refractivity contribution in [1.29, 1.82) is 0 Å². The number of nitrogens with one attached hydrogen (secondary N) is 1. The van der Waals surface area contributed by atoms with Crippen molar-refractivity contribution < 1.29 is 9.59 Å². The van der Waals surface area contributed by atoms with Crippen LogP contribution in [0.15, 0.2) is 46.8 Å². The van der Waals surface area contributed by atoms with E-state index in [-0.39, 0.29) is 0 Å². The van der Waals surface area contributed by atoms with Crippen molar-refractivity contribution in [1.82, 2.24) is 5.32 Å². The highest BCUT2D eigenvalue weighted by atomic mass is 35.5. The third-order valence-electron chi connectivity index (χ3n) is 3.47. The van der Waals surface area contributed by atoms with E-state index < -0.39 is 17.7 Å². The summed E-state index contributed by atoms with van der Waals surface area (Å²) in [6, 6.07) is 6.95. The van der Waals surface area contributed by atoms with Crippen molar-refractivity contribution >= 4 is 23.4 Å². The molecule has 0 unspecified atom stereocenters. The molecule has 1 aliphatic rings. The average Bonchev–Trinajstić information content (AvgIpc) is 2.36. The van der Waals surface area contributed by atoms with Gasteiger partial charge in [-0.3, -0.25) is 9.59 Å². The van der Waals surface area contributed by atoms with Crippen LogP contribution in [0.1, 0.15) is 25.3 Å². The lowest BCUT2D eigenvalue weighted by Gasteiger charge is -2.29. The predicted molar refractivity (Wildman–Crippen MR) is 81.1 cm³/mol. The number of carbonyl (C=O) groups is 2. The molecule has 0 atom stereocenters. The fourth-order valence-electron chi connectivity index (χ4n) is 2.67. The number of primary amides is 2. The zero-order valence-corrected chi connectivity index (χ0v) is 12.5. The van der Waals surface area contributed by atoms with Gasteiger partial charge in [0.1, 0.15) is 0 Å². The van der Waals surface area contributed by atoms with Gasteiger partial charge >= 0.3 is 0 Å². The summed E-state index contributed by atoms with van der Waals surface area (Å²) in [6.07, 6.45) is 0. The van der Waals surface area contributed by atoms with E-state index in [1.165, 1.54) is 0 Å². The first-order chi connectivity index (χ1) is 9.82. The highest BCUT2D eigenvalue weighted by molar-refractivity contribution is 6.30. The van der Waals surface area contributed by atoms with Gasteiger partial charge in [0.2, 0.25) is 11.8 Å². The van der Waals surface area contributed by atoms with E-state index in [2.05, 4.69) is 5.32 Å². The number of hydrogen-bond acceptors (Lipinski definition) is 3. The third kappa shape index (κ3) is 2.78. The molecule has 5 N–H and O–H groups in total. The number of carbonyl (C=O) groups excluding carboxylic acids is 2. The summed E-state index contributed by atoms with van der Waals surface area (Å²) in [6.45, 7) is 3.47. The molecule has 0 saturated heterocycles. The number of benzene rings is 1. The summed E-state index contributed by atoms with van der Waals surface area (Å²) in [5.41, 5.74) is 13.5. The molecule has 0 fully saturated rings. The first-order valence-electron chi connectivity index (χ1n) is 6.36. The number of rotatable bonds is 3. The molecule has 0 aliphatic carbocycles. The van der Waals surface area contributed by atoms with E-state index >= 15 is 0 Å². The Morgan fingerprint density at radius 2 is 1.62 bits per heavy atom. The molecule has 5 nitrogen and oxygen atoms in total. The van der Waals surface area contributed by atoms with Crippen LogP contribution in [0.2, 0.25) is 5.02 Å². The maximum Gasteiger partial charge on any atom is 0.247 e. The summed E-state index contributed by atoms with van der Waals surface area (Å²) < 4.78 is 0. The molecule has 2 amide bonds. The Balaban J connectivity index is 2.70. The van der Waals surface area contributed by atoms with Gasteiger partial charge in [-0.2, -0.15) is 0 Å². The smallest absolute Gasteiger partial charge is 0.247 e. The molecule has 1 aliphatic heterocycles. The van der Waals surface area contributed by atoms with Gasteiger partial charge in [0.25, 0.3) is 0 Å². The van der Waals surface area contributed by atoms with Crippen molar-refractivity contribution in [3.05, 3.63) is 57.4 Å². The van der Waals surface area contributed by atoms with Crippen LogP contribution >= 0.6 is 11.6 Å². The minimum Gasteiger partial charge on any atom is -0.366 e. The first kappa shape index (κ1) is 15.1. The molecule has 2 rings (SSSR count). The molecule has 110 valence electrons. The molecule has 21 heavy (non-hydrogen) atoms. The topological polar surface area (TPSA) is 98.2 Å². The molecule has 0 radical (unpaired) electrons. The van der Waals surface area contributed by atoms with E-state index in [0.717, 1.165) is 0 Å². The summed E-state index contributed by atoms with van der Waals surface area (Å²) in [4.78, 5) is 23.6. The molecular weight excluding hydrogens is 290 g/mol. The standard InChI is InChI=1S/C15H16ClN3O2/c1-7-11(14(17)20)13(9-4-3-5-10(16)6-9)12(15(18)21)8(2)19-7/h3-6,13,19H,1-2H3,(H2,17,20)(H2,18,21). The number of halogens is 1. The van der Waals surface area contributed by atoms with E-state index in [4.69, 9.17) is 23.1 Å². The molecule has 0 spiro atoms. The van der Waals surface area contributed by atoms with Crippen molar-refractivity contribution in [3.8, 4) is 0 Å². The van der Waals surface area contributed by atoms with Gasteiger partial charge in [-0.15, -0.1) is 0 Å². The Bertz CT molecular complexity index is 656. The Morgan fingerprint density at radius 3 is 2.05 bits per heavy atom. The second kappa shape index (κ2) is 5.61. The molecule has 1 aromatic carbocycles. The average molecular weight is 306 g/mol. The van der Waals surface area contributed by atoms with Gasteiger partial charge in [0.15, 0.2) is 0 Å². The van der Waals surface area contributed by atoms with Crippen molar-refractivity contribution in [2.24, 2.45) is 11.5 Å². The van der Waals surface area contributed by atoms with Gasteiger partial charge in [-0.25, -0.2) is 0 Å². The maximum absolute atomic E-state index is 11.8. The summed E-state index contributed by atoms with van der Waals surface area (Å²) in [5, 5.41) is 3.49. The molecule has 0 bridgehead atoms. The van der Waals surface area contributed by atoms with E-state index in [1.54, 1.807) is 38.1 Å². The van der Waals surface area contributed by atoms with Crippen LogP contribution in [0, 0.1) is 0 Å². The number of hydrogen-bond donors (Lipinski definition) is 3. The minimum atomic E-state index is -0.611. The van der Waals surface area contributed by atoms with Crippen LogP contribution in [0.25, 0.3) is 0 Å². The zero-order valence-electron chi connectivity index (χ0n) is 11.7. The molecular formula is C15H16ClN3O2. The summed E-state index contributed by atoms with van der Waals surface area (Å²) in [5.74, 6) is -1.81. The highest BCUT2D eigenvalue weighted by Crippen LogP contribution is 2.38. The van der Waals surface area contributed by atoms with Gasteiger partial charge in [-0.05, 0) is 31.5 Å². The Labute approximate surface area is 127 Å². The van der Waals surface area contributed by atoms with Crippen LogP contribution in [0.3, 0.4) is 0 Å². The lowest BCUT2D eigenvalue weighted by Crippen LogP contribution is -2.35. The van der Waals surface area contributed by atoms with Crippen LogP contribution < -0.4 is 16.8 Å². The fourth-order valence-corrected chi connectivity index (χ4v) is 2.87. The highest BCUT2D eigenvalue weighted by Gasteiger charge is 2.34. The quantitative estimate of drug-likeness (QED) is 0.790. The Hall–Kier alpha value is -2.27. The molecule has 6 heteroatoms. The monoisotopic (exact) mass is 305 g/mol. The fraction of sp³-hybridized carbons (Fsp3) is 0.200. The zero-order chi connectivity index (χ0) is 15.7. The lowest BCUT2D eigenvalue weighted by atomic mass is 9.80. The second-order valence-electron chi connectivity index (χ2n) is 4.92. The Kier molecular flexibility index (Phi) is 4.04. The minimum absolute atomic E-state index is 0.316. The van der Waals surface area contributed by atoms with Crippen LogP contribution in [-0.2, 0) is 9.59 Å². The Morgan fingerprint density at radius 1 is 1.10 bits per heavy atom. The van der Waals surface area contributed by atoms with Gasteiger partial charge in [0.05, 0.1) is 0 Å². The lowest BCUT2D eigenvalue weighted by molar-refractivity contribution is -0.115. The second-order valence-corrected chi connectivity index (χ2v) is 5.36. The van der Waals surface area contributed by atoms with Gasteiger partial charge in [0, 0.05) is 33.5 Å². The number of amides is 2. The number of allylic oxidation sites excluding steroid dienone is 2. The van der Waals surface area contributed by atoms with Crippen LogP contribution in [0.5, 0.6) is 0 Å². The molecule has 0 aromatic heterocycles. The normalized spacial score (nSPS) is 16.0. The van der Waals surface area contributed by atoms with Crippen LogP contribution in [-0.4, -0.2) is 11.8 Å². The number of dihydropyridines is 1. The summed E-state index contributed by atoms with van der Waals surface area (Å²) >= 11 is 6.01. The largest absolute Gasteiger partial charge is 0.366 e. The van der Waals surface area contributed by atoms with Gasteiger partial charge < -0.3 is 16.8 Å². The number of nitrogens with two attached hydrogens (primary N) is 2. The van der Waals surface area contributed by atoms with E-state index in [0.29, 0.717) is 33.1 Å². The molecule has 0 saturated carbocycles. The van der Waals surface area contributed by atoms with Crippen molar-refractivity contribution in [2.75, 3.05) is 0 Å².